The highest BCUT2D eigenvalue weighted by Gasteiger charge is 2.27. The van der Waals surface area contributed by atoms with Gasteiger partial charge in [-0.2, -0.15) is 0 Å². The van der Waals surface area contributed by atoms with Crippen molar-refractivity contribution in [2.45, 2.75) is 9.16 Å². The van der Waals surface area contributed by atoms with Crippen molar-refractivity contribution in [3.05, 3.63) is 106 Å². The van der Waals surface area contributed by atoms with Gasteiger partial charge in [0, 0.05) is 22.0 Å². The van der Waals surface area contributed by atoms with Gasteiger partial charge >= 0.3 is 11.9 Å². The molecular weight excluding hydrogens is 505 g/mol. The van der Waals surface area contributed by atoms with Crippen LogP contribution in [0, 0.1) is 0 Å². The Morgan fingerprint density at radius 2 is 1.15 bits per heavy atom. The van der Waals surface area contributed by atoms with Crippen LogP contribution in [0.2, 0.25) is 0 Å². The molecule has 0 saturated heterocycles. The number of esters is 2. The summed E-state index contributed by atoms with van der Waals surface area (Å²) in [6, 6.07) is 16.9. The minimum atomic E-state index is -0.414. The first-order valence-corrected chi connectivity index (χ1v) is 14.0. The summed E-state index contributed by atoms with van der Waals surface area (Å²) in [4.78, 5) is 24.9. The third kappa shape index (κ3) is 6.05. The second kappa shape index (κ2) is 11.9. The van der Waals surface area contributed by atoms with Crippen molar-refractivity contribution >= 4 is 59.0 Å². The van der Waals surface area contributed by atoms with E-state index in [2.05, 4.69) is 72.5 Å². The Hall–Kier alpha value is -2.26. The van der Waals surface area contributed by atoms with E-state index in [9.17, 15) is 9.59 Å². The smallest absolute Gasteiger partial charge is 0.330 e. The van der Waals surface area contributed by atoms with Crippen molar-refractivity contribution in [1.82, 2.24) is 0 Å². The van der Waals surface area contributed by atoms with Crippen LogP contribution in [0.1, 0.15) is 20.3 Å². The Labute approximate surface area is 216 Å². The van der Waals surface area contributed by atoms with Gasteiger partial charge in [0.1, 0.15) is 13.2 Å². The molecule has 2 aliphatic rings. The zero-order valence-corrected chi connectivity index (χ0v) is 21.4. The summed E-state index contributed by atoms with van der Waals surface area (Å²) in [6.45, 7) is 7.41. The topological polar surface area (TPSA) is 52.6 Å². The molecule has 4 rings (SSSR count). The molecule has 0 radical (unpaired) electrons. The molecule has 2 aromatic rings. The number of hydrogen-bond donors (Lipinski definition) is 0. The number of rotatable bonds is 9. The number of benzene rings is 2. The third-order valence-electron chi connectivity index (χ3n) is 4.93. The SMILES string of the molecule is C=CC(=O)OCC1=CSC(c2ccccc2-c2ccccc2C2SC=C(COC(=O)C=C)S2)S1. The second-order valence-electron chi connectivity index (χ2n) is 7.14. The summed E-state index contributed by atoms with van der Waals surface area (Å²) in [7, 11) is 0. The van der Waals surface area contributed by atoms with Crippen LogP contribution in [-0.4, -0.2) is 25.2 Å². The summed E-state index contributed by atoms with van der Waals surface area (Å²) in [5, 5.41) is 4.13. The van der Waals surface area contributed by atoms with E-state index in [1.54, 1.807) is 47.0 Å². The van der Waals surface area contributed by atoms with Crippen molar-refractivity contribution in [3.8, 4) is 11.1 Å². The van der Waals surface area contributed by atoms with Gasteiger partial charge in [-0.15, -0.1) is 47.0 Å². The summed E-state index contributed by atoms with van der Waals surface area (Å²) in [6.07, 6.45) is 2.36. The lowest BCUT2D eigenvalue weighted by Crippen LogP contribution is -2.02. The molecule has 174 valence electrons. The lowest BCUT2D eigenvalue weighted by atomic mass is 9.96. The summed E-state index contributed by atoms with van der Waals surface area (Å²) in [5.41, 5.74) is 4.84. The van der Waals surface area contributed by atoms with Gasteiger partial charge in [0.15, 0.2) is 0 Å². The average Bonchev–Trinajstić information content (AvgIpc) is 3.55. The van der Waals surface area contributed by atoms with Gasteiger partial charge in [-0.05, 0) is 33.1 Å². The first kappa shape index (κ1) is 24.9. The molecule has 4 nitrogen and oxygen atoms in total. The predicted molar refractivity (Wildman–Crippen MR) is 146 cm³/mol. The fourth-order valence-electron chi connectivity index (χ4n) is 3.37. The van der Waals surface area contributed by atoms with Crippen molar-refractivity contribution in [2.24, 2.45) is 0 Å². The van der Waals surface area contributed by atoms with E-state index in [-0.39, 0.29) is 22.4 Å². The molecule has 2 unspecified atom stereocenters. The van der Waals surface area contributed by atoms with Gasteiger partial charge in [0.05, 0.1) is 9.16 Å². The Morgan fingerprint density at radius 1 is 0.735 bits per heavy atom. The van der Waals surface area contributed by atoms with Gasteiger partial charge in [0.25, 0.3) is 0 Å². The normalized spacial score (nSPS) is 19.2. The number of ether oxygens (including phenoxy) is 2. The Bertz CT molecular complexity index is 1080. The molecule has 2 aromatic carbocycles. The Morgan fingerprint density at radius 3 is 1.56 bits per heavy atom. The minimum Gasteiger partial charge on any atom is -0.457 e. The van der Waals surface area contributed by atoms with Gasteiger partial charge in [-0.3, -0.25) is 0 Å². The number of hydrogen-bond acceptors (Lipinski definition) is 8. The Kier molecular flexibility index (Phi) is 8.72. The molecule has 0 bridgehead atoms. The number of carbonyl (C=O) groups is 2. The fraction of sp³-hybridized carbons (Fsp3) is 0.154. The van der Waals surface area contributed by atoms with E-state index < -0.39 is 11.9 Å². The van der Waals surface area contributed by atoms with E-state index in [0.29, 0.717) is 0 Å². The maximum absolute atomic E-state index is 11.4. The average molecular weight is 527 g/mol. The minimum absolute atomic E-state index is 0.178. The van der Waals surface area contributed by atoms with Gasteiger partial charge in [-0.25, -0.2) is 9.59 Å². The van der Waals surface area contributed by atoms with E-state index in [4.69, 9.17) is 9.47 Å². The zero-order valence-electron chi connectivity index (χ0n) is 18.2. The largest absolute Gasteiger partial charge is 0.457 e. The van der Waals surface area contributed by atoms with Crippen LogP contribution in [0.5, 0.6) is 0 Å². The molecule has 2 atom stereocenters. The van der Waals surface area contributed by atoms with Crippen molar-refractivity contribution in [2.75, 3.05) is 13.2 Å². The van der Waals surface area contributed by atoms with Crippen LogP contribution in [0.4, 0.5) is 0 Å². The molecule has 0 amide bonds. The van der Waals surface area contributed by atoms with E-state index in [0.717, 1.165) is 9.81 Å². The predicted octanol–water partition coefficient (Wildman–Crippen LogP) is 7.45. The summed E-state index contributed by atoms with van der Waals surface area (Å²) in [5.74, 6) is -0.828. The molecule has 0 N–H and O–H groups in total. The molecule has 0 spiro atoms. The van der Waals surface area contributed by atoms with E-state index >= 15 is 0 Å². The maximum Gasteiger partial charge on any atom is 0.330 e. The van der Waals surface area contributed by atoms with E-state index in [1.165, 1.54) is 34.4 Å². The van der Waals surface area contributed by atoms with Crippen molar-refractivity contribution in [3.63, 3.8) is 0 Å². The standard InChI is InChI=1S/C26H22O4S4/c1-3-23(27)29-13-17-15-31-25(33-17)21-11-7-5-9-19(21)20-10-6-8-12-22(20)26-32-16-18(34-26)14-30-24(28)4-2/h3-12,15-16,25-26H,1-2,13-14H2. The van der Waals surface area contributed by atoms with Gasteiger partial charge < -0.3 is 9.47 Å². The fourth-order valence-corrected chi connectivity index (χ4v) is 8.53. The lowest BCUT2D eigenvalue weighted by Gasteiger charge is -2.20. The first-order valence-electron chi connectivity index (χ1n) is 10.4. The maximum atomic E-state index is 11.4. The van der Waals surface area contributed by atoms with Crippen molar-refractivity contribution < 1.29 is 19.1 Å². The zero-order chi connectivity index (χ0) is 23.9. The summed E-state index contributed by atoms with van der Waals surface area (Å²) < 4.78 is 10.8. The van der Waals surface area contributed by atoms with Crippen LogP contribution >= 0.6 is 47.0 Å². The summed E-state index contributed by atoms with van der Waals surface area (Å²) >= 11 is 6.88. The highest BCUT2D eigenvalue weighted by Crippen LogP contribution is 2.56. The molecule has 2 aliphatic heterocycles. The molecular formula is C26H22O4S4. The molecule has 8 heteroatoms. The number of carbonyl (C=O) groups excluding carboxylic acids is 2. The molecule has 0 aromatic heterocycles. The Balaban J connectivity index is 1.51. The van der Waals surface area contributed by atoms with E-state index in [1.807, 2.05) is 0 Å². The van der Waals surface area contributed by atoms with Crippen LogP contribution in [0.15, 0.2) is 94.5 Å². The highest BCUT2D eigenvalue weighted by molar-refractivity contribution is 8.22. The van der Waals surface area contributed by atoms with Crippen LogP contribution in [0.25, 0.3) is 11.1 Å². The molecule has 34 heavy (non-hydrogen) atoms. The second-order valence-corrected chi connectivity index (χ2v) is 12.2. The third-order valence-corrected chi connectivity index (χ3v) is 10.3. The first-order chi connectivity index (χ1) is 16.6. The lowest BCUT2D eigenvalue weighted by molar-refractivity contribution is -0.137. The monoisotopic (exact) mass is 526 g/mol. The highest BCUT2D eigenvalue weighted by atomic mass is 32.2. The van der Waals surface area contributed by atoms with Gasteiger partial charge in [0.2, 0.25) is 0 Å². The molecule has 2 heterocycles. The van der Waals surface area contributed by atoms with Crippen LogP contribution in [0.3, 0.4) is 0 Å². The quantitative estimate of drug-likeness (QED) is 0.247. The van der Waals surface area contributed by atoms with Crippen molar-refractivity contribution in [1.29, 1.82) is 0 Å². The molecule has 0 aliphatic carbocycles. The van der Waals surface area contributed by atoms with Crippen LogP contribution in [-0.2, 0) is 19.1 Å². The van der Waals surface area contributed by atoms with Crippen LogP contribution < -0.4 is 0 Å². The molecule has 0 fully saturated rings. The number of thioether (sulfide) groups is 4. The van der Waals surface area contributed by atoms with Gasteiger partial charge in [-0.1, -0.05) is 61.7 Å². The molecule has 0 saturated carbocycles.